The third-order valence-corrected chi connectivity index (χ3v) is 2.12. The summed E-state index contributed by atoms with van der Waals surface area (Å²) < 4.78 is 16.0. The Labute approximate surface area is 88.4 Å². The van der Waals surface area contributed by atoms with Crippen molar-refractivity contribution in [2.24, 2.45) is 0 Å². The van der Waals surface area contributed by atoms with Crippen molar-refractivity contribution in [2.75, 3.05) is 13.4 Å². The maximum atomic E-state index is 9.07. The summed E-state index contributed by atoms with van der Waals surface area (Å²) in [5, 5.41) is 9.07. The van der Waals surface area contributed by atoms with E-state index in [0.717, 1.165) is 5.75 Å². The first-order chi connectivity index (χ1) is 7.11. The summed E-state index contributed by atoms with van der Waals surface area (Å²) in [6.45, 7) is 3.85. The summed E-state index contributed by atoms with van der Waals surface area (Å²) in [4.78, 5) is 0. The summed E-state index contributed by atoms with van der Waals surface area (Å²) in [5.74, 6) is 2.07. The van der Waals surface area contributed by atoms with E-state index in [1.807, 2.05) is 13.8 Å². The topological polar surface area (TPSA) is 47.9 Å². The van der Waals surface area contributed by atoms with Gasteiger partial charge in [-0.15, -0.1) is 0 Å². The maximum absolute atomic E-state index is 9.07. The molecule has 1 aromatic rings. The lowest BCUT2D eigenvalue weighted by molar-refractivity contribution is 0.0411. The van der Waals surface area contributed by atoms with Crippen molar-refractivity contribution in [3.05, 3.63) is 18.2 Å². The van der Waals surface area contributed by atoms with Crippen molar-refractivity contribution in [3.63, 3.8) is 0 Å². The zero-order chi connectivity index (χ0) is 10.9. The third-order valence-electron chi connectivity index (χ3n) is 2.12. The van der Waals surface area contributed by atoms with Crippen LogP contribution in [0.1, 0.15) is 13.8 Å². The SMILES string of the molecule is CC(C)(CO)Oc1ccc2c(c1)OCO2. The second-order valence-electron chi connectivity index (χ2n) is 4.03. The van der Waals surface area contributed by atoms with E-state index in [1.54, 1.807) is 18.2 Å². The minimum Gasteiger partial charge on any atom is -0.485 e. The van der Waals surface area contributed by atoms with Crippen LogP contribution in [0.25, 0.3) is 0 Å². The van der Waals surface area contributed by atoms with Crippen LogP contribution in [0.3, 0.4) is 0 Å². The first-order valence-corrected chi connectivity index (χ1v) is 4.80. The average molecular weight is 210 g/mol. The fourth-order valence-corrected chi connectivity index (χ4v) is 1.29. The van der Waals surface area contributed by atoms with Crippen LogP contribution >= 0.6 is 0 Å². The molecule has 0 unspecified atom stereocenters. The summed E-state index contributed by atoms with van der Waals surface area (Å²) in [6, 6.07) is 5.36. The van der Waals surface area contributed by atoms with Gasteiger partial charge in [-0.2, -0.15) is 0 Å². The van der Waals surface area contributed by atoms with Crippen molar-refractivity contribution in [3.8, 4) is 17.2 Å². The minimum atomic E-state index is -0.590. The first kappa shape index (κ1) is 10.1. The second-order valence-corrected chi connectivity index (χ2v) is 4.03. The molecule has 1 aliphatic heterocycles. The number of aliphatic hydroxyl groups is 1. The van der Waals surface area contributed by atoms with Gasteiger partial charge in [0.15, 0.2) is 11.5 Å². The molecule has 0 saturated heterocycles. The largest absolute Gasteiger partial charge is 0.485 e. The van der Waals surface area contributed by atoms with Gasteiger partial charge in [-0.1, -0.05) is 0 Å². The van der Waals surface area contributed by atoms with Crippen LogP contribution in [-0.4, -0.2) is 24.1 Å². The molecular formula is C11H14O4. The Morgan fingerprint density at radius 1 is 1.33 bits per heavy atom. The molecule has 1 aromatic carbocycles. The molecule has 0 spiro atoms. The second kappa shape index (κ2) is 3.62. The standard InChI is InChI=1S/C11H14O4/c1-11(2,6-12)15-8-3-4-9-10(5-8)14-7-13-9/h3-5,12H,6-7H2,1-2H3. The predicted molar refractivity (Wildman–Crippen MR) is 54.4 cm³/mol. The Morgan fingerprint density at radius 3 is 2.80 bits per heavy atom. The lowest BCUT2D eigenvalue weighted by Gasteiger charge is -2.23. The molecule has 0 radical (unpaired) electrons. The molecule has 15 heavy (non-hydrogen) atoms. The highest BCUT2D eigenvalue weighted by Crippen LogP contribution is 2.35. The Hall–Kier alpha value is -1.42. The van der Waals surface area contributed by atoms with E-state index in [1.165, 1.54) is 0 Å². The van der Waals surface area contributed by atoms with Crippen molar-refractivity contribution in [2.45, 2.75) is 19.4 Å². The molecule has 0 aromatic heterocycles. The first-order valence-electron chi connectivity index (χ1n) is 4.80. The van der Waals surface area contributed by atoms with Crippen molar-refractivity contribution in [1.29, 1.82) is 0 Å². The third kappa shape index (κ3) is 2.15. The van der Waals surface area contributed by atoms with Crippen molar-refractivity contribution in [1.82, 2.24) is 0 Å². The molecule has 1 heterocycles. The molecule has 0 aliphatic carbocycles. The summed E-state index contributed by atoms with van der Waals surface area (Å²) in [7, 11) is 0. The predicted octanol–water partition coefficient (Wildman–Crippen LogP) is 1.56. The zero-order valence-electron chi connectivity index (χ0n) is 8.82. The molecule has 1 aliphatic rings. The number of fused-ring (bicyclic) bond motifs is 1. The Kier molecular flexibility index (Phi) is 2.44. The van der Waals surface area contributed by atoms with Crippen LogP contribution in [0, 0.1) is 0 Å². The number of ether oxygens (including phenoxy) is 3. The highest BCUT2D eigenvalue weighted by molar-refractivity contribution is 5.47. The molecule has 0 saturated carbocycles. The van der Waals surface area contributed by atoms with Gasteiger partial charge in [0, 0.05) is 6.07 Å². The van der Waals surface area contributed by atoms with Crippen LogP contribution in [0.5, 0.6) is 17.2 Å². The monoisotopic (exact) mass is 210 g/mol. The molecule has 1 N–H and O–H groups in total. The molecule has 2 rings (SSSR count). The average Bonchev–Trinajstić information content (AvgIpc) is 2.64. The van der Waals surface area contributed by atoms with Crippen LogP contribution < -0.4 is 14.2 Å². The summed E-state index contributed by atoms with van der Waals surface area (Å²) in [6.07, 6.45) is 0. The van der Waals surface area contributed by atoms with Gasteiger partial charge in [-0.25, -0.2) is 0 Å². The van der Waals surface area contributed by atoms with Crippen LogP contribution in [0.2, 0.25) is 0 Å². The smallest absolute Gasteiger partial charge is 0.231 e. The van der Waals surface area contributed by atoms with E-state index in [4.69, 9.17) is 19.3 Å². The minimum absolute atomic E-state index is 0.0402. The zero-order valence-corrected chi connectivity index (χ0v) is 8.82. The van der Waals surface area contributed by atoms with Gasteiger partial charge in [0.25, 0.3) is 0 Å². The fraction of sp³-hybridized carbons (Fsp3) is 0.455. The molecule has 4 heteroatoms. The van der Waals surface area contributed by atoms with Gasteiger partial charge in [-0.3, -0.25) is 0 Å². The summed E-state index contributed by atoms with van der Waals surface area (Å²) in [5.41, 5.74) is -0.590. The van der Waals surface area contributed by atoms with Gasteiger partial charge in [0.1, 0.15) is 11.4 Å². The van der Waals surface area contributed by atoms with E-state index in [0.29, 0.717) is 11.5 Å². The summed E-state index contributed by atoms with van der Waals surface area (Å²) >= 11 is 0. The number of hydrogen-bond acceptors (Lipinski definition) is 4. The van der Waals surface area contributed by atoms with Gasteiger partial charge < -0.3 is 19.3 Å². The van der Waals surface area contributed by atoms with E-state index in [9.17, 15) is 0 Å². The lowest BCUT2D eigenvalue weighted by atomic mass is 10.1. The van der Waals surface area contributed by atoms with Crippen LogP contribution in [0.4, 0.5) is 0 Å². The quantitative estimate of drug-likeness (QED) is 0.822. The van der Waals surface area contributed by atoms with E-state index in [2.05, 4.69) is 0 Å². The van der Waals surface area contributed by atoms with E-state index < -0.39 is 5.60 Å². The van der Waals surface area contributed by atoms with Crippen LogP contribution in [0.15, 0.2) is 18.2 Å². The molecule has 0 bridgehead atoms. The highest BCUT2D eigenvalue weighted by Gasteiger charge is 2.20. The molecule has 0 atom stereocenters. The fourth-order valence-electron chi connectivity index (χ4n) is 1.29. The molecule has 0 fully saturated rings. The van der Waals surface area contributed by atoms with Gasteiger partial charge in [-0.05, 0) is 26.0 Å². The van der Waals surface area contributed by atoms with Crippen LogP contribution in [-0.2, 0) is 0 Å². The number of hydrogen-bond donors (Lipinski definition) is 1. The maximum Gasteiger partial charge on any atom is 0.231 e. The highest BCUT2D eigenvalue weighted by atomic mass is 16.7. The molecule has 0 amide bonds. The van der Waals surface area contributed by atoms with Crippen molar-refractivity contribution >= 4 is 0 Å². The van der Waals surface area contributed by atoms with Crippen molar-refractivity contribution < 1.29 is 19.3 Å². The Morgan fingerprint density at radius 2 is 2.07 bits per heavy atom. The lowest BCUT2D eigenvalue weighted by Crippen LogP contribution is -2.32. The molecular weight excluding hydrogens is 196 g/mol. The van der Waals surface area contributed by atoms with Gasteiger partial charge in [0.2, 0.25) is 6.79 Å². The van der Waals surface area contributed by atoms with Gasteiger partial charge in [0.05, 0.1) is 6.61 Å². The number of rotatable bonds is 3. The van der Waals surface area contributed by atoms with E-state index in [-0.39, 0.29) is 13.4 Å². The molecule has 82 valence electrons. The Bertz CT molecular complexity index is 360. The van der Waals surface area contributed by atoms with E-state index >= 15 is 0 Å². The van der Waals surface area contributed by atoms with Gasteiger partial charge >= 0.3 is 0 Å². The normalized spacial score (nSPS) is 14.1. The number of benzene rings is 1. The Balaban J connectivity index is 2.17. The molecule has 4 nitrogen and oxygen atoms in total. The number of aliphatic hydroxyl groups excluding tert-OH is 1.